The van der Waals surface area contributed by atoms with Gasteiger partial charge in [-0.05, 0) is 69.1 Å². The first kappa shape index (κ1) is 20.6. The number of benzene rings is 2. The van der Waals surface area contributed by atoms with Gasteiger partial charge in [-0.1, -0.05) is 23.8 Å². The van der Waals surface area contributed by atoms with Crippen LogP contribution in [0, 0.1) is 13.8 Å². The lowest BCUT2D eigenvalue weighted by Crippen LogP contribution is -2.25. The van der Waals surface area contributed by atoms with E-state index in [2.05, 4.69) is 21.6 Å². The van der Waals surface area contributed by atoms with Crippen molar-refractivity contribution < 1.29 is 16.8 Å². The standard InChI is InChI=1S/C18H24N2O4S2/c1-14-6-7-16(15(2)13-14)5-4-12-20-26(23,24)18-10-8-17(9-11-18)25(21,22)19-3/h6-11,13,19-20H,4-5,12H2,1-3H3. The van der Waals surface area contributed by atoms with Crippen LogP contribution in [0.2, 0.25) is 0 Å². The number of aryl methyl sites for hydroxylation is 3. The van der Waals surface area contributed by atoms with Crippen LogP contribution < -0.4 is 9.44 Å². The Kier molecular flexibility index (Phi) is 6.57. The number of nitrogens with one attached hydrogen (secondary N) is 2. The summed E-state index contributed by atoms with van der Waals surface area (Å²) in [6.07, 6.45) is 1.46. The van der Waals surface area contributed by atoms with E-state index in [1.807, 2.05) is 19.9 Å². The van der Waals surface area contributed by atoms with Crippen molar-refractivity contribution in [2.24, 2.45) is 0 Å². The van der Waals surface area contributed by atoms with Gasteiger partial charge >= 0.3 is 0 Å². The van der Waals surface area contributed by atoms with Gasteiger partial charge in [0.15, 0.2) is 0 Å². The summed E-state index contributed by atoms with van der Waals surface area (Å²) in [6.45, 7) is 4.40. The van der Waals surface area contributed by atoms with Gasteiger partial charge in [-0.3, -0.25) is 0 Å². The lowest BCUT2D eigenvalue weighted by Gasteiger charge is -2.09. The van der Waals surface area contributed by atoms with Gasteiger partial charge in [-0.25, -0.2) is 26.3 Å². The van der Waals surface area contributed by atoms with Crippen LogP contribution in [0.25, 0.3) is 0 Å². The largest absolute Gasteiger partial charge is 0.240 e. The summed E-state index contributed by atoms with van der Waals surface area (Å²) in [5.41, 5.74) is 3.61. The second kappa shape index (κ2) is 8.30. The zero-order valence-corrected chi connectivity index (χ0v) is 16.7. The second-order valence-corrected chi connectivity index (χ2v) is 9.76. The van der Waals surface area contributed by atoms with Crippen LogP contribution in [0.15, 0.2) is 52.3 Å². The van der Waals surface area contributed by atoms with E-state index in [1.165, 1.54) is 48.0 Å². The molecule has 2 N–H and O–H groups in total. The monoisotopic (exact) mass is 396 g/mol. The van der Waals surface area contributed by atoms with Crippen molar-refractivity contribution in [3.8, 4) is 0 Å². The summed E-state index contributed by atoms with van der Waals surface area (Å²) in [6, 6.07) is 11.4. The Hall–Kier alpha value is -1.74. The highest BCUT2D eigenvalue weighted by Gasteiger charge is 2.16. The third-order valence-corrected chi connectivity index (χ3v) is 7.03. The van der Waals surface area contributed by atoms with E-state index in [0.717, 1.165) is 6.42 Å². The minimum absolute atomic E-state index is 0.0220. The molecule has 0 aliphatic rings. The van der Waals surface area contributed by atoms with Crippen LogP contribution in [0.5, 0.6) is 0 Å². The van der Waals surface area contributed by atoms with Gasteiger partial charge in [0, 0.05) is 6.54 Å². The van der Waals surface area contributed by atoms with Crippen LogP contribution in [-0.2, 0) is 26.5 Å². The molecule has 0 aliphatic heterocycles. The van der Waals surface area contributed by atoms with Gasteiger partial charge in [-0.15, -0.1) is 0 Å². The van der Waals surface area contributed by atoms with Gasteiger partial charge < -0.3 is 0 Å². The molecule has 0 saturated carbocycles. The van der Waals surface area contributed by atoms with Gasteiger partial charge in [0.1, 0.15) is 0 Å². The van der Waals surface area contributed by atoms with E-state index in [1.54, 1.807) is 0 Å². The van der Waals surface area contributed by atoms with Crippen molar-refractivity contribution in [2.75, 3.05) is 13.6 Å². The minimum atomic E-state index is -3.67. The van der Waals surface area contributed by atoms with E-state index >= 15 is 0 Å². The second-order valence-electron chi connectivity index (χ2n) is 6.11. The van der Waals surface area contributed by atoms with Gasteiger partial charge in [-0.2, -0.15) is 0 Å². The predicted molar refractivity (Wildman–Crippen MR) is 102 cm³/mol. The van der Waals surface area contributed by atoms with Crippen molar-refractivity contribution >= 4 is 20.0 Å². The van der Waals surface area contributed by atoms with E-state index < -0.39 is 20.0 Å². The molecule has 0 bridgehead atoms. The number of sulfonamides is 2. The maximum absolute atomic E-state index is 12.3. The molecular weight excluding hydrogens is 372 g/mol. The molecule has 142 valence electrons. The highest BCUT2D eigenvalue weighted by Crippen LogP contribution is 2.15. The van der Waals surface area contributed by atoms with Crippen molar-refractivity contribution in [2.45, 2.75) is 36.5 Å². The Morgan fingerprint density at radius 3 is 1.96 bits per heavy atom. The van der Waals surface area contributed by atoms with Crippen LogP contribution in [-0.4, -0.2) is 30.4 Å². The SMILES string of the molecule is CNS(=O)(=O)c1ccc(S(=O)(=O)NCCCc2ccc(C)cc2C)cc1. The van der Waals surface area contributed by atoms with E-state index in [9.17, 15) is 16.8 Å². The molecule has 2 rings (SSSR count). The van der Waals surface area contributed by atoms with E-state index in [4.69, 9.17) is 0 Å². The van der Waals surface area contributed by atoms with E-state index in [0.29, 0.717) is 13.0 Å². The normalized spacial score (nSPS) is 12.3. The maximum atomic E-state index is 12.3. The molecule has 0 spiro atoms. The first-order chi connectivity index (χ1) is 12.2. The van der Waals surface area contributed by atoms with Crippen LogP contribution in [0.3, 0.4) is 0 Å². The predicted octanol–water partition coefficient (Wildman–Crippen LogP) is 2.12. The zero-order chi connectivity index (χ0) is 19.4. The molecule has 2 aromatic carbocycles. The van der Waals surface area contributed by atoms with Crippen LogP contribution in [0.4, 0.5) is 0 Å². The fourth-order valence-electron chi connectivity index (χ4n) is 2.61. The highest BCUT2D eigenvalue weighted by molar-refractivity contribution is 7.90. The van der Waals surface area contributed by atoms with Crippen LogP contribution >= 0.6 is 0 Å². The summed E-state index contributed by atoms with van der Waals surface area (Å²) in [5.74, 6) is 0. The van der Waals surface area contributed by atoms with Gasteiger partial charge in [0.25, 0.3) is 0 Å². The van der Waals surface area contributed by atoms with Crippen molar-refractivity contribution in [1.82, 2.24) is 9.44 Å². The molecule has 0 aromatic heterocycles. The van der Waals surface area contributed by atoms with Gasteiger partial charge in [0.2, 0.25) is 20.0 Å². The molecule has 26 heavy (non-hydrogen) atoms. The third-order valence-electron chi connectivity index (χ3n) is 4.13. The highest BCUT2D eigenvalue weighted by atomic mass is 32.2. The Bertz CT molecular complexity index is 967. The first-order valence-corrected chi connectivity index (χ1v) is 11.2. The fraction of sp³-hybridized carbons (Fsp3) is 0.333. The summed E-state index contributed by atoms with van der Waals surface area (Å²) in [7, 11) is -5.95. The van der Waals surface area contributed by atoms with Gasteiger partial charge in [0.05, 0.1) is 9.79 Å². The molecule has 0 radical (unpaired) electrons. The lowest BCUT2D eigenvalue weighted by molar-refractivity contribution is 0.577. The number of rotatable bonds is 8. The quantitative estimate of drug-likeness (QED) is 0.669. The average Bonchev–Trinajstić information content (AvgIpc) is 2.60. The molecule has 0 fully saturated rings. The molecular formula is C18H24N2O4S2. The number of hydrogen-bond acceptors (Lipinski definition) is 4. The minimum Gasteiger partial charge on any atom is -0.214 e. The third kappa shape index (κ3) is 5.14. The Balaban J connectivity index is 1.96. The summed E-state index contributed by atoms with van der Waals surface area (Å²) in [5, 5.41) is 0. The average molecular weight is 397 g/mol. The lowest BCUT2D eigenvalue weighted by atomic mass is 10.0. The van der Waals surface area contributed by atoms with E-state index in [-0.39, 0.29) is 9.79 Å². The topological polar surface area (TPSA) is 92.3 Å². The molecule has 0 aliphatic carbocycles. The molecule has 8 heteroatoms. The number of hydrogen-bond donors (Lipinski definition) is 2. The molecule has 0 heterocycles. The summed E-state index contributed by atoms with van der Waals surface area (Å²) >= 11 is 0. The van der Waals surface area contributed by atoms with Crippen LogP contribution in [0.1, 0.15) is 23.1 Å². The molecule has 2 aromatic rings. The first-order valence-electron chi connectivity index (χ1n) is 8.25. The van der Waals surface area contributed by atoms with Crippen molar-refractivity contribution in [3.63, 3.8) is 0 Å². The Morgan fingerprint density at radius 1 is 0.846 bits per heavy atom. The molecule has 6 nitrogen and oxygen atoms in total. The van der Waals surface area contributed by atoms with Crippen molar-refractivity contribution in [3.05, 3.63) is 59.2 Å². The molecule has 0 saturated heterocycles. The zero-order valence-electron chi connectivity index (χ0n) is 15.1. The smallest absolute Gasteiger partial charge is 0.214 e. The Morgan fingerprint density at radius 2 is 1.42 bits per heavy atom. The maximum Gasteiger partial charge on any atom is 0.240 e. The van der Waals surface area contributed by atoms with Crippen molar-refractivity contribution in [1.29, 1.82) is 0 Å². The molecule has 0 unspecified atom stereocenters. The molecule has 0 amide bonds. The summed E-state index contributed by atoms with van der Waals surface area (Å²) < 4.78 is 52.7. The molecule has 0 atom stereocenters. The Labute approximate surface area is 155 Å². The fourth-order valence-corrected chi connectivity index (χ4v) is 4.42. The summed E-state index contributed by atoms with van der Waals surface area (Å²) in [4.78, 5) is 0.0628.